The van der Waals surface area contributed by atoms with Crippen molar-refractivity contribution in [3.63, 3.8) is 0 Å². The van der Waals surface area contributed by atoms with Crippen LogP contribution < -0.4 is 9.47 Å². The van der Waals surface area contributed by atoms with Crippen LogP contribution in [0.3, 0.4) is 0 Å². The fraction of sp³-hybridized carbons (Fsp3) is 0.538. The fourth-order valence-electron chi connectivity index (χ4n) is 1.62. The molecule has 0 saturated heterocycles. The topological polar surface area (TPSA) is 18.5 Å². The van der Waals surface area contributed by atoms with Crippen LogP contribution >= 0.6 is 0 Å². The van der Waals surface area contributed by atoms with Gasteiger partial charge in [-0.1, -0.05) is 25.8 Å². The lowest BCUT2D eigenvalue weighted by atomic mass is 10.1. The first-order valence-corrected chi connectivity index (χ1v) is 5.52. The summed E-state index contributed by atoms with van der Waals surface area (Å²) in [6.07, 6.45) is 4.90. The van der Waals surface area contributed by atoms with E-state index in [0.29, 0.717) is 0 Å². The zero-order valence-electron chi connectivity index (χ0n) is 9.88. The summed E-state index contributed by atoms with van der Waals surface area (Å²) in [4.78, 5) is 0. The number of ether oxygens (including phenoxy) is 2. The highest BCUT2D eigenvalue weighted by Gasteiger charge is 2.03. The SMILES string of the molecule is CCCCCc1ccc(OC)c(OC)c1. The third kappa shape index (κ3) is 3.46. The van der Waals surface area contributed by atoms with Gasteiger partial charge in [0.25, 0.3) is 0 Å². The molecule has 0 amide bonds. The van der Waals surface area contributed by atoms with E-state index in [9.17, 15) is 0 Å². The van der Waals surface area contributed by atoms with E-state index in [2.05, 4.69) is 19.1 Å². The van der Waals surface area contributed by atoms with E-state index in [1.54, 1.807) is 14.2 Å². The van der Waals surface area contributed by atoms with Gasteiger partial charge in [0.1, 0.15) is 0 Å². The van der Waals surface area contributed by atoms with Crippen LogP contribution in [0.25, 0.3) is 0 Å². The van der Waals surface area contributed by atoms with Crippen molar-refractivity contribution in [1.82, 2.24) is 0 Å². The van der Waals surface area contributed by atoms with Crippen molar-refractivity contribution in [1.29, 1.82) is 0 Å². The van der Waals surface area contributed by atoms with Gasteiger partial charge in [0, 0.05) is 0 Å². The van der Waals surface area contributed by atoms with Gasteiger partial charge in [0.2, 0.25) is 0 Å². The van der Waals surface area contributed by atoms with E-state index in [4.69, 9.17) is 9.47 Å². The molecule has 0 heterocycles. The summed E-state index contributed by atoms with van der Waals surface area (Å²) in [7, 11) is 3.34. The molecule has 0 spiro atoms. The Hall–Kier alpha value is -1.18. The van der Waals surface area contributed by atoms with E-state index in [-0.39, 0.29) is 0 Å². The van der Waals surface area contributed by atoms with E-state index >= 15 is 0 Å². The quantitative estimate of drug-likeness (QED) is 0.667. The second-order valence-corrected chi connectivity index (χ2v) is 3.65. The average molecular weight is 208 g/mol. The highest BCUT2D eigenvalue weighted by molar-refractivity contribution is 5.42. The van der Waals surface area contributed by atoms with Gasteiger partial charge in [-0.15, -0.1) is 0 Å². The minimum absolute atomic E-state index is 0.803. The van der Waals surface area contributed by atoms with Gasteiger partial charge in [0.15, 0.2) is 11.5 Å². The van der Waals surface area contributed by atoms with Gasteiger partial charge in [-0.3, -0.25) is 0 Å². The Morgan fingerprint density at radius 2 is 1.73 bits per heavy atom. The molecule has 1 aromatic carbocycles. The van der Waals surface area contributed by atoms with Gasteiger partial charge >= 0.3 is 0 Å². The summed E-state index contributed by atoms with van der Waals surface area (Å²) < 4.78 is 10.5. The molecule has 0 aliphatic heterocycles. The van der Waals surface area contributed by atoms with E-state index in [1.807, 2.05) is 6.07 Å². The molecule has 0 radical (unpaired) electrons. The minimum Gasteiger partial charge on any atom is -0.493 e. The van der Waals surface area contributed by atoms with Crippen molar-refractivity contribution in [2.24, 2.45) is 0 Å². The summed E-state index contributed by atoms with van der Waals surface area (Å²) in [5, 5.41) is 0. The summed E-state index contributed by atoms with van der Waals surface area (Å²) in [6, 6.07) is 6.14. The zero-order chi connectivity index (χ0) is 11.1. The maximum atomic E-state index is 5.26. The maximum absolute atomic E-state index is 5.26. The monoisotopic (exact) mass is 208 g/mol. The molecule has 15 heavy (non-hydrogen) atoms. The predicted molar refractivity (Wildman–Crippen MR) is 62.8 cm³/mol. The molecular formula is C13H20O2. The van der Waals surface area contributed by atoms with Crippen LogP contribution in [0.5, 0.6) is 11.5 Å². The molecule has 0 aliphatic rings. The molecule has 2 nitrogen and oxygen atoms in total. The summed E-state index contributed by atoms with van der Waals surface area (Å²) in [5.41, 5.74) is 1.32. The van der Waals surface area contributed by atoms with Gasteiger partial charge in [-0.25, -0.2) is 0 Å². The molecule has 0 aromatic heterocycles. The molecule has 1 rings (SSSR count). The third-order valence-electron chi connectivity index (χ3n) is 2.52. The molecule has 0 aliphatic carbocycles. The Morgan fingerprint density at radius 1 is 1.00 bits per heavy atom. The molecule has 0 fully saturated rings. The Bertz CT molecular complexity index is 295. The van der Waals surface area contributed by atoms with Crippen molar-refractivity contribution in [2.45, 2.75) is 32.6 Å². The number of unbranched alkanes of at least 4 members (excludes halogenated alkanes) is 2. The molecule has 1 aromatic rings. The minimum atomic E-state index is 0.803. The molecule has 84 valence electrons. The Labute approximate surface area is 92.2 Å². The number of hydrogen-bond acceptors (Lipinski definition) is 2. The van der Waals surface area contributed by atoms with Crippen LogP contribution in [0.2, 0.25) is 0 Å². The highest BCUT2D eigenvalue weighted by Crippen LogP contribution is 2.28. The van der Waals surface area contributed by atoms with Crippen molar-refractivity contribution in [3.8, 4) is 11.5 Å². The zero-order valence-corrected chi connectivity index (χ0v) is 9.88. The highest BCUT2D eigenvalue weighted by atomic mass is 16.5. The van der Waals surface area contributed by atoms with Crippen LogP contribution in [-0.4, -0.2) is 14.2 Å². The fourth-order valence-corrected chi connectivity index (χ4v) is 1.62. The van der Waals surface area contributed by atoms with Crippen molar-refractivity contribution >= 4 is 0 Å². The molecule has 0 N–H and O–H groups in total. The predicted octanol–water partition coefficient (Wildman–Crippen LogP) is 3.44. The number of methoxy groups -OCH3 is 2. The largest absolute Gasteiger partial charge is 0.493 e. The van der Waals surface area contributed by atoms with Gasteiger partial charge < -0.3 is 9.47 Å². The normalized spacial score (nSPS) is 10.1. The first kappa shape index (κ1) is 11.9. The lowest BCUT2D eigenvalue weighted by Gasteiger charge is -2.09. The lowest BCUT2D eigenvalue weighted by molar-refractivity contribution is 0.354. The second-order valence-electron chi connectivity index (χ2n) is 3.65. The molecule has 0 atom stereocenters. The molecule has 0 unspecified atom stereocenters. The van der Waals surface area contributed by atoms with Crippen LogP contribution in [0.4, 0.5) is 0 Å². The molecule has 0 saturated carbocycles. The van der Waals surface area contributed by atoms with E-state index < -0.39 is 0 Å². The average Bonchev–Trinajstić information content (AvgIpc) is 2.29. The van der Waals surface area contributed by atoms with Gasteiger partial charge in [-0.05, 0) is 30.5 Å². The third-order valence-corrected chi connectivity index (χ3v) is 2.52. The molecule has 2 heteroatoms. The summed E-state index contributed by atoms with van der Waals surface area (Å²) >= 11 is 0. The van der Waals surface area contributed by atoms with Crippen molar-refractivity contribution in [2.75, 3.05) is 14.2 Å². The second kappa shape index (κ2) is 6.33. The van der Waals surface area contributed by atoms with Crippen LogP contribution in [0, 0.1) is 0 Å². The van der Waals surface area contributed by atoms with Gasteiger partial charge in [-0.2, -0.15) is 0 Å². The standard InChI is InChI=1S/C13H20O2/c1-4-5-6-7-11-8-9-12(14-2)13(10-11)15-3/h8-10H,4-7H2,1-3H3. The summed E-state index contributed by atoms with van der Waals surface area (Å²) in [5.74, 6) is 1.63. The number of benzene rings is 1. The maximum Gasteiger partial charge on any atom is 0.160 e. The Balaban J connectivity index is 2.66. The molecular weight excluding hydrogens is 188 g/mol. The van der Waals surface area contributed by atoms with Crippen LogP contribution in [0.15, 0.2) is 18.2 Å². The van der Waals surface area contributed by atoms with Crippen LogP contribution in [-0.2, 0) is 6.42 Å². The summed E-state index contributed by atoms with van der Waals surface area (Å²) in [6.45, 7) is 2.22. The van der Waals surface area contributed by atoms with E-state index in [1.165, 1.54) is 24.8 Å². The first-order valence-electron chi connectivity index (χ1n) is 5.52. The van der Waals surface area contributed by atoms with Crippen LogP contribution in [0.1, 0.15) is 31.7 Å². The smallest absolute Gasteiger partial charge is 0.160 e. The molecule has 0 bridgehead atoms. The first-order chi connectivity index (χ1) is 7.31. The Morgan fingerprint density at radius 3 is 2.33 bits per heavy atom. The number of hydrogen-bond donors (Lipinski definition) is 0. The number of rotatable bonds is 6. The van der Waals surface area contributed by atoms with E-state index in [0.717, 1.165) is 17.9 Å². The number of aryl methyl sites for hydroxylation is 1. The van der Waals surface area contributed by atoms with Gasteiger partial charge in [0.05, 0.1) is 14.2 Å². The van der Waals surface area contributed by atoms with Crippen molar-refractivity contribution in [3.05, 3.63) is 23.8 Å². The lowest BCUT2D eigenvalue weighted by Crippen LogP contribution is -1.92. The Kier molecular flexibility index (Phi) is 5.02. The van der Waals surface area contributed by atoms with Crippen molar-refractivity contribution < 1.29 is 9.47 Å².